The highest BCUT2D eigenvalue weighted by Crippen LogP contribution is 2.07. The Balaban J connectivity index is 3.13. The number of hydrogen-bond acceptors (Lipinski definition) is 3. The van der Waals surface area contributed by atoms with E-state index in [2.05, 4.69) is 26.1 Å². The summed E-state index contributed by atoms with van der Waals surface area (Å²) in [6, 6.07) is 0.632. The van der Waals surface area contributed by atoms with Gasteiger partial charge in [0, 0.05) is 19.8 Å². The monoisotopic (exact) mass is 245 g/mol. The maximum Gasteiger partial charge on any atom is 0.0700 e. The van der Waals surface area contributed by atoms with Crippen LogP contribution < -0.4 is 5.32 Å². The Bertz CT molecular complexity index is 151. The zero-order valence-corrected chi connectivity index (χ0v) is 12.1. The summed E-state index contributed by atoms with van der Waals surface area (Å²) >= 11 is 0. The molecule has 1 unspecified atom stereocenters. The van der Waals surface area contributed by atoms with Crippen molar-refractivity contribution in [2.75, 3.05) is 33.5 Å². The molecule has 0 bridgehead atoms. The van der Waals surface area contributed by atoms with Gasteiger partial charge in [0.25, 0.3) is 0 Å². The van der Waals surface area contributed by atoms with Gasteiger partial charge in [-0.05, 0) is 32.2 Å². The highest BCUT2D eigenvalue weighted by molar-refractivity contribution is 4.61. The van der Waals surface area contributed by atoms with Gasteiger partial charge >= 0.3 is 0 Å². The first-order chi connectivity index (χ1) is 8.16. The molecule has 104 valence electrons. The Morgan fingerprint density at radius 2 is 1.71 bits per heavy atom. The van der Waals surface area contributed by atoms with Crippen molar-refractivity contribution < 1.29 is 9.47 Å². The molecule has 0 saturated carbocycles. The van der Waals surface area contributed by atoms with Crippen LogP contribution in [0, 0.1) is 5.92 Å². The van der Waals surface area contributed by atoms with Crippen LogP contribution in [-0.2, 0) is 9.47 Å². The van der Waals surface area contributed by atoms with Crippen LogP contribution in [0.1, 0.15) is 46.5 Å². The second-order valence-corrected chi connectivity index (χ2v) is 5.14. The number of methoxy groups -OCH3 is 1. The molecule has 0 radical (unpaired) electrons. The van der Waals surface area contributed by atoms with Crippen LogP contribution in [-0.4, -0.2) is 39.5 Å². The van der Waals surface area contributed by atoms with Crippen molar-refractivity contribution in [1.29, 1.82) is 0 Å². The molecule has 1 atom stereocenters. The van der Waals surface area contributed by atoms with E-state index in [1.54, 1.807) is 7.11 Å². The molecule has 0 fully saturated rings. The van der Waals surface area contributed by atoms with E-state index in [1.165, 1.54) is 19.3 Å². The summed E-state index contributed by atoms with van der Waals surface area (Å²) in [4.78, 5) is 0. The maximum absolute atomic E-state index is 5.40. The summed E-state index contributed by atoms with van der Waals surface area (Å²) in [5.41, 5.74) is 0. The van der Waals surface area contributed by atoms with Crippen LogP contribution in [0.15, 0.2) is 0 Å². The third kappa shape index (κ3) is 13.8. The Morgan fingerprint density at radius 1 is 0.941 bits per heavy atom. The average molecular weight is 245 g/mol. The third-order valence-corrected chi connectivity index (χ3v) is 2.81. The maximum atomic E-state index is 5.40. The first-order valence-corrected chi connectivity index (χ1v) is 6.97. The van der Waals surface area contributed by atoms with Gasteiger partial charge in [0.15, 0.2) is 0 Å². The minimum absolute atomic E-state index is 0.632. The molecule has 0 aromatic rings. The van der Waals surface area contributed by atoms with Crippen molar-refractivity contribution >= 4 is 0 Å². The first-order valence-electron chi connectivity index (χ1n) is 6.97. The van der Waals surface area contributed by atoms with Crippen molar-refractivity contribution in [3.63, 3.8) is 0 Å². The molecule has 0 heterocycles. The highest BCUT2D eigenvalue weighted by Gasteiger charge is 2.01. The van der Waals surface area contributed by atoms with E-state index < -0.39 is 0 Å². The summed E-state index contributed by atoms with van der Waals surface area (Å²) in [5, 5.41) is 3.54. The number of hydrogen-bond donors (Lipinski definition) is 1. The number of rotatable bonds is 12. The average Bonchev–Trinajstić information content (AvgIpc) is 2.27. The van der Waals surface area contributed by atoms with Crippen LogP contribution >= 0.6 is 0 Å². The van der Waals surface area contributed by atoms with Crippen molar-refractivity contribution in [2.24, 2.45) is 5.92 Å². The fraction of sp³-hybridized carbons (Fsp3) is 1.00. The molecule has 0 aliphatic rings. The van der Waals surface area contributed by atoms with Gasteiger partial charge in [-0.3, -0.25) is 0 Å². The van der Waals surface area contributed by atoms with Gasteiger partial charge in [-0.25, -0.2) is 0 Å². The lowest BCUT2D eigenvalue weighted by Crippen LogP contribution is -2.27. The van der Waals surface area contributed by atoms with Crippen molar-refractivity contribution in [2.45, 2.75) is 52.5 Å². The Hall–Kier alpha value is -0.120. The van der Waals surface area contributed by atoms with Gasteiger partial charge in [0.2, 0.25) is 0 Å². The van der Waals surface area contributed by atoms with Gasteiger partial charge in [0.1, 0.15) is 0 Å². The Labute approximate surface area is 107 Å². The lowest BCUT2D eigenvalue weighted by molar-refractivity contribution is 0.0692. The predicted octanol–water partition coefficient (Wildman–Crippen LogP) is 2.84. The summed E-state index contributed by atoms with van der Waals surface area (Å²) in [5.74, 6) is 0.830. The van der Waals surface area contributed by atoms with Crippen LogP contribution in [0.2, 0.25) is 0 Å². The lowest BCUT2D eigenvalue weighted by Gasteiger charge is -2.14. The molecule has 0 aliphatic carbocycles. The molecule has 3 heteroatoms. The van der Waals surface area contributed by atoms with E-state index in [0.717, 1.165) is 25.5 Å². The summed E-state index contributed by atoms with van der Waals surface area (Å²) in [6.07, 6.45) is 5.03. The molecule has 0 amide bonds. The van der Waals surface area contributed by atoms with E-state index >= 15 is 0 Å². The largest absolute Gasteiger partial charge is 0.382 e. The number of nitrogens with one attached hydrogen (secondary N) is 1. The van der Waals surface area contributed by atoms with Crippen LogP contribution in [0.3, 0.4) is 0 Å². The topological polar surface area (TPSA) is 30.5 Å². The summed E-state index contributed by atoms with van der Waals surface area (Å²) < 4.78 is 10.3. The lowest BCUT2D eigenvalue weighted by atomic mass is 10.0. The molecule has 3 nitrogen and oxygen atoms in total. The van der Waals surface area contributed by atoms with E-state index in [-0.39, 0.29) is 0 Å². The first kappa shape index (κ1) is 16.9. The third-order valence-electron chi connectivity index (χ3n) is 2.81. The summed E-state index contributed by atoms with van der Waals surface area (Å²) in [7, 11) is 1.70. The molecule has 0 rings (SSSR count). The highest BCUT2D eigenvalue weighted by atomic mass is 16.5. The van der Waals surface area contributed by atoms with Gasteiger partial charge < -0.3 is 14.8 Å². The smallest absolute Gasteiger partial charge is 0.0700 e. The standard InChI is InChI=1S/C14H31NO2/c1-13(2)7-5-8-14(3)15-9-6-10-17-12-11-16-4/h13-15H,5-12H2,1-4H3. The second-order valence-electron chi connectivity index (χ2n) is 5.14. The second kappa shape index (κ2) is 12.3. The van der Waals surface area contributed by atoms with E-state index in [1.807, 2.05) is 0 Å². The number of ether oxygens (including phenoxy) is 2. The molecule has 0 aromatic heterocycles. The molecule has 0 saturated heterocycles. The van der Waals surface area contributed by atoms with Crippen LogP contribution in [0.25, 0.3) is 0 Å². The van der Waals surface area contributed by atoms with E-state index in [4.69, 9.17) is 9.47 Å². The molecule has 17 heavy (non-hydrogen) atoms. The Morgan fingerprint density at radius 3 is 2.35 bits per heavy atom. The van der Waals surface area contributed by atoms with Gasteiger partial charge in [0.05, 0.1) is 13.2 Å². The van der Waals surface area contributed by atoms with Gasteiger partial charge in [-0.15, -0.1) is 0 Å². The predicted molar refractivity (Wildman–Crippen MR) is 73.5 cm³/mol. The molecular formula is C14H31NO2. The van der Waals surface area contributed by atoms with E-state index in [0.29, 0.717) is 19.3 Å². The molecule has 1 N–H and O–H groups in total. The fourth-order valence-corrected chi connectivity index (χ4v) is 1.70. The normalized spacial score (nSPS) is 13.2. The molecular weight excluding hydrogens is 214 g/mol. The minimum atomic E-state index is 0.632. The zero-order chi connectivity index (χ0) is 12.9. The molecule has 0 spiro atoms. The van der Waals surface area contributed by atoms with Gasteiger partial charge in [-0.1, -0.05) is 26.7 Å². The Kier molecular flexibility index (Phi) is 12.3. The van der Waals surface area contributed by atoms with Crippen molar-refractivity contribution in [1.82, 2.24) is 5.32 Å². The van der Waals surface area contributed by atoms with Crippen LogP contribution in [0.4, 0.5) is 0 Å². The molecule has 0 aromatic carbocycles. The SMILES string of the molecule is COCCOCCCNC(C)CCCC(C)C. The fourth-order valence-electron chi connectivity index (χ4n) is 1.70. The van der Waals surface area contributed by atoms with Gasteiger partial charge in [-0.2, -0.15) is 0 Å². The zero-order valence-electron chi connectivity index (χ0n) is 12.1. The minimum Gasteiger partial charge on any atom is -0.382 e. The quantitative estimate of drug-likeness (QED) is 0.536. The van der Waals surface area contributed by atoms with Crippen molar-refractivity contribution in [3.8, 4) is 0 Å². The van der Waals surface area contributed by atoms with Crippen LogP contribution in [0.5, 0.6) is 0 Å². The molecule has 0 aliphatic heterocycles. The summed E-state index contributed by atoms with van der Waals surface area (Å²) in [6.45, 7) is 10.1. The van der Waals surface area contributed by atoms with Crippen molar-refractivity contribution in [3.05, 3.63) is 0 Å². The van der Waals surface area contributed by atoms with E-state index in [9.17, 15) is 0 Å².